The van der Waals surface area contributed by atoms with Gasteiger partial charge in [-0.15, -0.1) is 24.8 Å². The molecule has 0 unspecified atom stereocenters. The Balaban J connectivity index is 0.00000144. The van der Waals surface area contributed by atoms with Gasteiger partial charge in [0.25, 0.3) is 5.91 Å². The maximum atomic E-state index is 12.7. The molecule has 6 heteroatoms. The van der Waals surface area contributed by atoms with Crippen molar-refractivity contribution >= 4 is 30.7 Å². The highest BCUT2D eigenvalue weighted by Gasteiger charge is 2.24. The first kappa shape index (κ1) is 20.4. The summed E-state index contributed by atoms with van der Waals surface area (Å²) in [5.74, 6) is 0.0652. The number of amides is 1. The normalized spacial score (nSPS) is 16.8. The van der Waals surface area contributed by atoms with Gasteiger partial charge in [-0.3, -0.25) is 9.78 Å². The van der Waals surface area contributed by atoms with Crippen LogP contribution in [0.2, 0.25) is 0 Å². The molecule has 1 aromatic carbocycles. The van der Waals surface area contributed by atoms with Crippen LogP contribution in [0.5, 0.6) is 0 Å². The number of carbonyl (C=O) groups is 1. The zero-order valence-electron chi connectivity index (χ0n) is 13.9. The fraction of sp³-hybridized carbons (Fsp3) is 0.333. The molecule has 0 bridgehead atoms. The zero-order valence-corrected chi connectivity index (χ0v) is 15.5. The maximum Gasteiger partial charge on any atom is 0.255 e. The van der Waals surface area contributed by atoms with Crippen LogP contribution in [0, 0.1) is 6.92 Å². The van der Waals surface area contributed by atoms with Gasteiger partial charge in [-0.2, -0.15) is 0 Å². The van der Waals surface area contributed by atoms with Gasteiger partial charge >= 0.3 is 0 Å². The molecule has 1 aliphatic rings. The number of aromatic nitrogens is 1. The third-order valence-electron chi connectivity index (χ3n) is 4.13. The van der Waals surface area contributed by atoms with Crippen LogP contribution in [-0.4, -0.2) is 41.5 Å². The van der Waals surface area contributed by atoms with E-state index in [-0.39, 0.29) is 36.8 Å². The van der Waals surface area contributed by atoms with Gasteiger partial charge in [0.15, 0.2) is 0 Å². The lowest BCUT2D eigenvalue weighted by atomic mass is 10.0. The number of nitrogens with zero attached hydrogens (tertiary/aromatic N) is 2. The van der Waals surface area contributed by atoms with Crippen LogP contribution in [0.1, 0.15) is 22.8 Å². The van der Waals surface area contributed by atoms with E-state index in [1.807, 2.05) is 17.2 Å². The average Bonchev–Trinajstić information content (AvgIpc) is 2.55. The highest BCUT2D eigenvalue weighted by molar-refractivity contribution is 5.95. The van der Waals surface area contributed by atoms with Gasteiger partial charge in [0.05, 0.1) is 5.56 Å². The molecule has 3 rings (SSSR count). The number of pyridine rings is 1. The fourth-order valence-corrected chi connectivity index (χ4v) is 2.77. The molecule has 0 spiro atoms. The summed E-state index contributed by atoms with van der Waals surface area (Å²) in [7, 11) is 0. The first-order valence-electron chi connectivity index (χ1n) is 7.69. The van der Waals surface area contributed by atoms with Crippen LogP contribution in [0.4, 0.5) is 0 Å². The summed E-state index contributed by atoms with van der Waals surface area (Å²) in [5.41, 5.74) is 3.94. The van der Waals surface area contributed by atoms with E-state index in [1.54, 1.807) is 6.20 Å². The van der Waals surface area contributed by atoms with Crippen LogP contribution >= 0.6 is 24.8 Å². The standard InChI is InChI=1S/C18H21N3O.2ClH/c1-13-3-5-15(6-4-13)16-9-17(12-20-11-16)18(22)21-8-7-19-10-14(21)2;;/h3-6,9,11-12,14,19H,7-8,10H2,1-2H3;2*1H/t14-;;/m1../s1. The predicted octanol–water partition coefficient (Wildman–Crippen LogP) is 3.33. The van der Waals surface area contributed by atoms with Gasteiger partial charge in [0.1, 0.15) is 0 Å². The summed E-state index contributed by atoms with van der Waals surface area (Å²) >= 11 is 0. The summed E-state index contributed by atoms with van der Waals surface area (Å²) < 4.78 is 0. The van der Waals surface area contributed by atoms with Crippen LogP contribution in [0.15, 0.2) is 42.7 Å². The van der Waals surface area contributed by atoms with E-state index < -0.39 is 0 Å². The van der Waals surface area contributed by atoms with Gasteiger partial charge in [-0.05, 0) is 25.5 Å². The Bertz CT molecular complexity index is 676. The first-order valence-corrected chi connectivity index (χ1v) is 7.69. The molecule has 24 heavy (non-hydrogen) atoms. The minimum Gasteiger partial charge on any atom is -0.333 e. The quantitative estimate of drug-likeness (QED) is 0.885. The molecular formula is C18H23Cl2N3O. The number of piperazine rings is 1. The second kappa shape index (κ2) is 9.02. The second-order valence-corrected chi connectivity index (χ2v) is 5.88. The smallest absolute Gasteiger partial charge is 0.255 e. The lowest BCUT2D eigenvalue weighted by molar-refractivity contribution is 0.0655. The van der Waals surface area contributed by atoms with E-state index in [4.69, 9.17) is 0 Å². The van der Waals surface area contributed by atoms with Crippen molar-refractivity contribution in [2.45, 2.75) is 19.9 Å². The Hall–Kier alpha value is -1.62. The molecule has 1 N–H and O–H groups in total. The topological polar surface area (TPSA) is 45.2 Å². The van der Waals surface area contributed by atoms with Crippen molar-refractivity contribution in [1.29, 1.82) is 0 Å². The Morgan fingerprint density at radius 1 is 1.17 bits per heavy atom. The third-order valence-corrected chi connectivity index (χ3v) is 4.13. The van der Waals surface area contributed by atoms with Crippen molar-refractivity contribution in [3.8, 4) is 11.1 Å². The van der Waals surface area contributed by atoms with Gasteiger partial charge in [0, 0.05) is 43.6 Å². The number of hydrogen-bond acceptors (Lipinski definition) is 3. The van der Waals surface area contributed by atoms with Crippen LogP contribution < -0.4 is 5.32 Å². The molecule has 0 saturated carbocycles. The van der Waals surface area contributed by atoms with Crippen molar-refractivity contribution in [3.63, 3.8) is 0 Å². The summed E-state index contributed by atoms with van der Waals surface area (Å²) in [5, 5.41) is 3.30. The fourth-order valence-electron chi connectivity index (χ4n) is 2.77. The van der Waals surface area contributed by atoms with Crippen molar-refractivity contribution < 1.29 is 4.79 Å². The van der Waals surface area contributed by atoms with Gasteiger partial charge in [-0.25, -0.2) is 0 Å². The molecule has 0 aliphatic carbocycles. The van der Waals surface area contributed by atoms with Gasteiger partial charge in [-0.1, -0.05) is 29.8 Å². The summed E-state index contributed by atoms with van der Waals surface area (Å²) in [6, 6.07) is 10.4. The maximum absolute atomic E-state index is 12.7. The molecule has 1 saturated heterocycles. The number of halogens is 2. The molecule has 1 atom stereocenters. The molecule has 130 valence electrons. The van der Waals surface area contributed by atoms with Crippen LogP contribution in [0.3, 0.4) is 0 Å². The Kier molecular flexibility index (Phi) is 7.67. The van der Waals surface area contributed by atoms with Gasteiger partial charge in [0.2, 0.25) is 0 Å². The van der Waals surface area contributed by atoms with Crippen molar-refractivity contribution in [1.82, 2.24) is 15.2 Å². The number of carbonyl (C=O) groups excluding carboxylic acids is 1. The summed E-state index contributed by atoms with van der Waals surface area (Å²) in [6.07, 6.45) is 3.47. The monoisotopic (exact) mass is 367 g/mol. The van der Waals surface area contributed by atoms with E-state index >= 15 is 0 Å². The highest BCUT2D eigenvalue weighted by atomic mass is 35.5. The minimum atomic E-state index is 0. The molecule has 2 aromatic rings. The number of aryl methyl sites for hydroxylation is 1. The third kappa shape index (κ3) is 4.47. The first-order chi connectivity index (χ1) is 10.6. The van der Waals surface area contributed by atoms with Gasteiger partial charge < -0.3 is 10.2 Å². The van der Waals surface area contributed by atoms with E-state index in [2.05, 4.69) is 48.4 Å². The predicted molar refractivity (Wildman–Crippen MR) is 102 cm³/mol. The molecular weight excluding hydrogens is 345 g/mol. The Morgan fingerprint density at radius 2 is 1.88 bits per heavy atom. The van der Waals surface area contributed by atoms with Crippen molar-refractivity contribution in [2.75, 3.05) is 19.6 Å². The Labute approximate surface area is 155 Å². The lowest BCUT2D eigenvalue weighted by Gasteiger charge is -2.34. The van der Waals surface area contributed by atoms with Crippen molar-refractivity contribution in [3.05, 3.63) is 53.9 Å². The second-order valence-electron chi connectivity index (χ2n) is 5.88. The highest BCUT2D eigenvalue weighted by Crippen LogP contribution is 2.21. The van der Waals surface area contributed by atoms with Crippen LogP contribution in [0.25, 0.3) is 11.1 Å². The van der Waals surface area contributed by atoms with E-state index in [9.17, 15) is 4.79 Å². The number of hydrogen-bond donors (Lipinski definition) is 1. The number of rotatable bonds is 2. The molecule has 1 fully saturated rings. The van der Waals surface area contributed by atoms with E-state index in [0.717, 1.165) is 30.8 Å². The summed E-state index contributed by atoms with van der Waals surface area (Å²) in [4.78, 5) is 18.9. The molecule has 1 aliphatic heterocycles. The lowest BCUT2D eigenvalue weighted by Crippen LogP contribution is -2.52. The van der Waals surface area contributed by atoms with Crippen molar-refractivity contribution in [2.24, 2.45) is 0 Å². The Morgan fingerprint density at radius 3 is 2.54 bits per heavy atom. The molecule has 4 nitrogen and oxygen atoms in total. The number of benzene rings is 1. The average molecular weight is 368 g/mol. The molecule has 0 radical (unpaired) electrons. The number of nitrogens with one attached hydrogen (secondary N) is 1. The molecule has 2 heterocycles. The zero-order chi connectivity index (χ0) is 15.5. The molecule has 1 amide bonds. The molecule has 1 aromatic heterocycles. The summed E-state index contributed by atoms with van der Waals surface area (Å²) in [6.45, 7) is 6.57. The van der Waals surface area contributed by atoms with Crippen LogP contribution in [-0.2, 0) is 0 Å². The largest absolute Gasteiger partial charge is 0.333 e. The SMILES string of the molecule is Cc1ccc(-c2cncc(C(=O)N3CCNC[C@H]3C)c2)cc1.Cl.Cl. The van der Waals surface area contributed by atoms with E-state index in [0.29, 0.717) is 5.56 Å². The minimum absolute atomic E-state index is 0. The van der Waals surface area contributed by atoms with E-state index in [1.165, 1.54) is 5.56 Å².